The van der Waals surface area contributed by atoms with Gasteiger partial charge in [-0.2, -0.15) is 0 Å². The Hall–Kier alpha value is -2.04. The zero-order valence-corrected chi connectivity index (χ0v) is 10.8. The summed E-state index contributed by atoms with van der Waals surface area (Å²) >= 11 is 0. The molecule has 1 aromatic carbocycles. The van der Waals surface area contributed by atoms with Gasteiger partial charge >= 0.3 is 5.97 Å². The van der Waals surface area contributed by atoms with Crippen LogP contribution in [-0.4, -0.2) is 23.0 Å². The van der Waals surface area contributed by atoms with E-state index < -0.39 is 5.97 Å². The van der Waals surface area contributed by atoms with Gasteiger partial charge < -0.3 is 16.2 Å². The van der Waals surface area contributed by atoms with Crippen LogP contribution in [0.2, 0.25) is 0 Å². The van der Waals surface area contributed by atoms with E-state index in [0.717, 1.165) is 18.4 Å². The molecule has 1 fully saturated rings. The third-order valence-corrected chi connectivity index (χ3v) is 3.43. The Morgan fingerprint density at radius 3 is 2.68 bits per heavy atom. The summed E-state index contributed by atoms with van der Waals surface area (Å²) in [5, 5.41) is 11.7. The van der Waals surface area contributed by atoms with Gasteiger partial charge in [0.1, 0.15) is 0 Å². The van der Waals surface area contributed by atoms with Crippen molar-refractivity contribution < 1.29 is 14.7 Å². The number of rotatable bonds is 5. The molecule has 5 nitrogen and oxygen atoms in total. The molecule has 4 N–H and O–H groups in total. The number of aryl methyl sites for hydroxylation is 1. The second kappa shape index (κ2) is 5.30. The van der Waals surface area contributed by atoms with Crippen LogP contribution in [0.1, 0.15) is 35.2 Å². The van der Waals surface area contributed by atoms with E-state index >= 15 is 0 Å². The molecule has 1 unspecified atom stereocenters. The second-order valence-corrected chi connectivity index (χ2v) is 5.09. The van der Waals surface area contributed by atoms with Gasteiger partial charge in [-0.25, -0.2) is 0 Å². The van der Waals surface area contributed by atoms with E-state index in [4.69, 9.17) is 10.8 Å². The first-order chi connectivity index (χ1) is 8.97. The monoisotopic (exact) mass is 262 g/mol. The van der Waals surface area contributed by atoms with Crippen LogP contribution in [0, 0.1) is 12.8 Å². The molecule has 0 aliphatic heterocycles. The molecule has 0 saturated heterocycles. The molecule has 1 atom stereocenters. The van der Waals surface area contributed by atoms with Crippen LogP contribution in [0.3, 0.4) is 0 Å². The van der Waals surface area contributed by atoms with E-state index in [2.05, 4.69) is 5.32 Å². The highest BCUT2D eigenvalue weighted by molar-refractivity contribution is 5.95. The number of carboxylic acid groups (broad SMARTS) is 1. The summed E-state index contributed by atoms with van der Waals surface area (Å²) in [6.07, 6.45) is 1.95. The first-order valence-corrected chi connectivity index (χ1v) is 6.36. The van der Waals surface area contributed by atoms with Gasteiger partial charge in [-0.05, 0) is 49.4 Å². The van der Waals surface area contributed by atoms with E-state index in [1.54, 1.807) is 18.2 Å². The first-order valence-electron chi connectivity index (χ1n) is 6.36. The minimum Gasteiger partial charge on any atom is -0.481 e. The van der Waals surface area contributed by atoms with Gasteiger partial charge in [0, 0.05) is 17.3 Å². The minimum atomic E-state index is -0.884. The van der Waals surface area contributed by atoms with Crippen LogP contribution in [0.5, 0.6) is 0 Å². The Balaban J connectivity index is 2.05. The Labute approximate surface area is 111 Å². The smallest absolute Gasteiger partial charge is 0.305 e. The molecule has 1 aliphatic rings. The summed E-state index contributed by atoms with van der Waals surface area (Å²) in [6.45, 7) is 1.84. The molecule has 1 aliphatic carbocycles. The number of aliphatic carboxylic acids is 1. The summed E-state index contributed by atoms with van der Waals surface area (Å²) in [5.74, 6) is -0.818. The number of hydrogen-bond donors (Lipinski definition) is 3. The van der Waals surface area contributed by atoms with Gasteiger partial charge in [0.25, 0.3) is 5.91 Å². The normalized spacial score (nSPS) is 15.8. The van der Waals surface area contributed by atoms with Gasteiger partial charge in [-0.15, -0.1) is 0 Å². The molecule has 0 spiro atoms. The number of hydrogen-bond acceptors (Lipinski definition) is 3. The van der Waals surface area contributed by atoms with Crippen LogP contribution in [0.15, 0.2) is 18.2 Å². The van der Waals surface area contributed by atoms with Gasteiger partial charge in [-0.3, -0.25) is 9.59 Å². The van der Waals surface area contributed by atoms with Crippen LogP contribution < -0.4 is 11.1 Å². The zero-order valence-electron chi connectivity index (χ0n) is 10.8. The number of nitrogens with two attached hydrogens (primary N) is 1. The van der Waals surface area contributed by atoms with E-state index in [9.17, 15) is 9.59 Å². The molecule has 19 heavy (non-hydrogen) atoms. The van der Waals surface area contributed by atoms with E-state index in [1.807, 2.05) is 6.92 Å². The van der Waals surface area contributed by atoms with Crippen molar-refractivity contribution in [2.45, 2.75) is 32.2 Å². The lowest BCUT2D eigenvalue weighted by molar-refractivity contribution is -0.137. The summed E-state index contributed by atoms with van der Waals surface area (Å²) in [7, 11) is 0. The summed E-state index contributed by atoms with van der Waals surface area (Å²) < 4.78 is 0. The molecular weight excluding hydrogens is 244 g/mol. The molecule has 0 aromatic heterocycles. The summed E-state index contributed by atoms with van der Waals surface area (Å²) in [5.41, 5.74) is 7.70. The molecule has 0 radical (unpaired) electrons. The van der Waals surface area contributed by atoms with Crippen molar-refractivity contribution >= 4 is 17.6 Å². The fourth-order valence-electron chi connectivity index (χ4n) is 2.09. The number of amides is 1. The third kappa shape index (κ3) is 3.47. The average Bonchev–Trinajstić information content (AvgIpc) is 3.15. The molecule has 102 valence electrons. The van der Waals surface area contributed by atoms with Crippen molar-refractivity contribution in [1.29, 1.82) is 0 Å². The predicted octanol–water partition coefficient (Wildman–Crippen LogP) is 1.56. The number of carboxylic acids is 1. The van der Waals surface area contributed by atoms with Crippen molar-refractivity contribution in [3.05, 3.63) is 29.3 Å². The SMILES string of the molecule is Cc1cc(C(=O)NC(CC(=O)O)C2CC2)ccc1N. The predicted molar refractivity (Wildman–Crippen MR) is 71.8 cm³/mol. The molecule has 2 rings (SSSR count). The van der Waals surface area contributed by atoms with Gasteiger partial charge in [-0.1, -0.05) is 0 Å². The number of carbonyl (C=O) groups is 2. The van der Waals surface area contributed by atoms with Crippen molar-refractivity contribution in [3.63, 3.8) is 0 Å². The average molecular weight is 262 g/mol. The summed E-state index contributed by atoms with van der Waals surface area (Å²) in [4.78, 5) is 22.9. The molecular formula is C14H18N2O3. The molecule has 5 heteroatoms. The van der Waals surface area contributed by atoms with Crippen LogP contribution in [0.25, 0.3) is 0 Å². The summed E-state index contributed by atoms with van der Waals surface area (Å²) in [6, 6.07) is 4.79. The highest BCUT2D eigenvalue weighted by Gasteiger charge is 2.33. The van der Waals surface area contributed by atoms with Crippen LogP contribution >= 0.6 is 0 Å². The topological polar surface area (TPSA) is 92.4 Å². The van der Waals surface area contributed by atoms with E-state index in [1.165, 1.54) is 0 Å². The lowest BCUT2D eigenvalue weighted by atomic mass is 10.1. The number of nitrogens with one attached hydrogen (secondary N) is 1. The van der Waals surface area contributed by atoms with E-state index in [0.29, 0.717) is 17.2 Å². The molecule has 1 amide bonds. The van der Waals surface area contributed by atoms with Crippen molar-refractivity contribution in [1.82, 2.24) is 5.32 Å². The van der Waals surface area contributed by atoms with Gasteiger partial charge in [0.05, 0.1) is 6.42 Å². The van der Waals surface area contributed by atoms with Gasteiger partial charge in [0.2, 0.25) is 0 Å². The highest BCUT2D eigenvalue weighted by Crippen LogP contribution is 2.34. The largest absolute Gasteiger partial charge is 0.481 e. The molecule has 0 bridgehead atoms. The Bertz CT molecular complexity index is 509. The fourth-order valence-corrected chi connectivity index (χ4v) is 2.09. The van der Waals surface area contributed by atoms with Crippen molar-refractivity contribution in [2.24, 2.45) is 5.92 Å². The maximum absolute atomic E-state index is 12.1. The first kappa shape index (κ1) is 13.4. The quantitative estimate of drug-likeness (QED) is 0.702. The van der Waals surface area contributed by atoms with E-state index in [-0.39, 0.29) is 18.4 Å². The van der Waals surface area contributed by atoms with Gasteiger partial charge in [0.15, 0.2) is 0 Å². The second-order valence-electron chi connectivity index (χ2n) is 5.09. The van der Waals surface area contributed by atoms with Crippen molar-refractivity contribution in [2.75, 3.05) is 5.73 Å². The van der Waals surface area contributed by atoms with Crippen LogP contribution in [0.4, 0.5) is 5.69 Å². The fraction of sp³-hybridized carbons (Fsp3) is 0.429. The molecule has 1 aromatic rings. The molecule has 1 saturated carbocycles. The van der Waals surface area contributed by atoms with Crippen molar-refractivity contribution in [3.8, 4) is 0 Å². The number of nitrogen functional groups attached to an aromatic ring is 1. The maximum Gasteiger partial charge on any atom is 0.305 e. The maximum atomic E-state index is 12.1. The number of benzene rings is 1. The highest BCUT2D eigenvalue weighted by atomic mass is 16.4. The zero-order chi connectivity index (χ0) is 14.0. The minimum absolute atomic E-state index is 0.0235. The van der Waals surface area contributed by atoms with Crippen LogP contribution in [-0.2, 0) is 4.79 Å². The Morgan fingerprint density at radius 2 is 2.16 bits per heavy atom. The lowest BCUT2D eigenvalue weighted by Gasteiger charge is -2.16. The number of carbonyl (C=O) groups excluding carboxylic acids is 1. The molecule has 0 heterocycles. The number of anilines is 1. The Kier molecular flexibility index (Phi) is 3.74. The lowest BCUT2D eigenvalue weighted by Crippen LogP contribution is -2.38. The standard InChI is InChI=1S/C14H18N2O3/c1-8-6-10(4-5-11(8)15)14(19)16-12(7-13(17)18)9-2-3-9/h4-6,9,12H,2-3,7,15H2,1H3,(H,16,19)(H,17,18). The third-order valence-electron chi connectivity index (χ3n) is 3.43. The Morgan fingerprint density at radius 1 is 1.47 bits per heavy atom.